The highest BCUT2D eigenvalue weighted by Gasteiger charge is 2.30. The minimum Gasteiger partial charge on any atom is -0.391 e. The average Bonchev–Trinajstić information content (AvgIpc) is 2.15. The Morgan fingerprint density at radius 3 is 2.20 bits per heavy atom. The highest BCUT2D eigenvalue weighted by atomic mass is 16.3. The van der Waals surface area contributed by atoms with Crippen LogP contribution < -0.4 is 0 Å². The molecular weight excluding hydrogens is 186 g/mol. The minimum atomic E-state index is -0.0973. The molecule has 1 fully saturated rings. The fourth-order valence-electron chi connectivity index (χ4n) is 2.63. The summed E-state index contributed by atoms with van der Waals surface area (Å²) in [6.07, 6.45) is 4.55. The summed E-state index contributed by atoms with van der Waals surface area (Å²) in [4.78, 5) is 2.49. The molecule has 1 saturated carbocycles. The van der Waals surface area contributed by atoms with Crippen LogP contribution in [0.4, 0.5) is 0 Å². The van der Waals surface area contributed by atoms with Crippen LogP contribution in [0.25, 0.3) is 0 Å². The lowest BCUT2D eigenvalue weighted by Crippen LogP contribution is -2.50. The van der Waals surface area contributed by atoms with Crippen LogP contribution >= 0.6 is 0 Å². The van der Waals surface area contributed by atoms with Gasteiger partial charge in [0.05, 0.1) is 6.10 Å². The van der Waals surface area contributed by atoms with E-state index < -0.39 is 0 Å². The molecule has 2 atom stereocenters. The van der Waals surface area contributed by atoms with Crippen molar-refractivity contribution >= 4 is 0 Å². The van der Waals surface area contributed by atoms with Crippen LogP contribution in [-0.2, 0) is 0 Å². The molecule has 0 saturated heterocycles. The fourth-order valence-corrected chi connectivity index (χ4v) is 2.63. The summed E-state index contributed by atoms with van der Waals surface area (Å²) in [5, 5.41) is 10.1. The van der Waals surface area contributed by atoms with Crippen molar-refractivity contribution in [1.82, 2.24) is 4.90 Å². The van der Waals surface area contributed by atoms with Gasteiger partial charge in [-0.15, -0.1) is 0 Å². The highest BCUT2D eigenvalue weighted by molar-refractivity contribution is 4.85. The van der Waals surface area contributed by atoms with Gasteiger partial charge in [-0.1, -0.05) is 26.7 Å². The van der Waals surface area contributed by atoms with E-state index >= 15 is 0 Å². The van der Waals surface area contributed by atoms with E-state index in [2.05, 4.69) is 32.6 Å². The molecular formula is C13H27NO. The van der Waals surface area contributed by atoms with E-state index in [1.54, 1.807) is 0 Å². The van der Waals surface area contributed by atoms with Crippen molar-refractivity contribution in [2.24, 2.45) is 5.92 Å². The maximum absolute atomic E-state index is 10.1. The topological polar surface area (TPSA) is 23.5 Å². The standard InChI is InChI=1S/C13H27NO/c1-10(2)9-14(11(3)4)12-7-5-6-8-13(12)15/h10-13,15H,5-9H2,1-4H3/t12-,13-/m1/s1. The fraction of sp³-hybridized carbons (Fsp3) is 1.00. The first kappa shape index (κ1) is 13.0. The van der Waals surface area contributed by atoms with Crippen molar-refractivity contribution < 1.29 is 5.11 Å². The number of aliphatic hydroxyl groups is 1. The predicted molar refractivity (Wildman–Crippen MR) is 64.9 cm³/mol. The molecule has 0 amide bonds. The van der Waals surface area contributed by atoms with Crippen LogP contribution in [-0.4, -0.2) is 34.7 Å². The minimum absolute atomic E-state index is 0.0973. The van der Waals surface area contributed by atoms with Gasteiger partial charge in [-0.2, -0.15) is 0 Å². The Morgan fingerprint density at radius 1 is 1.13 bits per heavy atom. The average molecular weight is 213 g/mol. The lowest BCUT2D eigenvalue weighted by atomic mass is 9.90. The first-order chi connectivity index (χ1) is 7.02. The quantitative estimate of drug-likeness (QED) is 0.776. The normalized spacial score (nSPS) is 28.0. The number of aliphatic hydroxyl groups excluding tert-OH is 1. The molecule has 1 aliphatic carbocycles. The SMILES string of the molecule is CC(C)CN(C(C)C)[C@@H]1CCCC[C@H]1O. The summed E-state index contributed by atoms with van der Waals surface area (Å²) in [5.41, 5.74) is 0. The van der Waals surface area contributed by atoms with Gasteiger partial charge in [0.1, 0.15) is 0 Å². The second-order valence-electron chi connectivity index (χ2n) is 5.60. The second-order valence-corrected chi connectivity index (χ2v) is 5.60. The Kier molecular flexibility index (Phi) is 5.07. The summed E-state index contributed by atoms with van der Waals surface area (Å²) in [5.74, 6) is 0.682. The number of nitrogens with zero attached hydrogens (tertiary/aromatic N) is 1. The molecule has 1 rings (SSSR count). The van der Waals surface area contributed by atoms with Gasteiger partial charge in [-0.3, -0.25) is 4.90 Å². The largest absolute Gasteiger partial charge is 0.391 e. The lowest BCUT2D eigenvalue weighted by molar-refractivity contribution is -0.000555. The Labute approximate surface area is 94.7 Å². The zero-order chi connectivity index (χ0) is 11.4. The van der Waals surface area contributed by atoms with Crippen molar-refractivity contribution in [1.29, 1.82) is 0 Å². The molecule has 1 aliphatic rings. The van der Waals surface area contributed by atoms with E-state index in [9.17, 15) is 5.11 Å². The van der Waals surface area contributed by atoms with Crippen molar-refractivity contribution in [3.8, 4) is 0 Å². The number of hydrogen-bond acceptors (Lipinski definition) is 2. The molecule has 0 aromatic carbocycles. The highest BCUT2D eigenvalue weighted by Crippen LogP contribution is 2.25. The van der Waals surface area contributed by atoms with E-state index in [1.807, 2.05) is 0 Å². The molecule has 15 heavy (non-hydrogen) atoms. The third-order valence-electron chi connectivity index (χ3n) is 3.36. The molecule has 2 nitrogen and oxygen atoms in total. The van der Waals surface area contributed by atoms with Crippen molar-refractivity contribution in [3.05, 3.63) is 0 Å². The molecule has 2 heteroatoms. The molecule has 1 N–H and O–H groups in total. The summed E-state index contributed by atoms with van der Waals surface area (Å²) >= 11 is 0. The van der Waals surface area contributed by atoms with Gasteiger partial charge < -0.3 is 5.11 Å². The smallest absolute Gasteiger partial charge is 0.0695 e. The van der Waals surface area contributed by atoms with Crippen LogP contribution in [0.3, 0.4) is 0 Å². The van der Waals surface area contributed by atoms with E-state index in [4.69, 9.17) is 0 Å². The van der Waals surface area contributed by atoms with Gasteiger partial charge >= 0.3 is 0 Å². The lowest BCUT2D eigenvalue weighted by Gasteiger charge is -2.41. The molecule has 0 radical (unpaired) electrons. The van der Waals surface area contributed by atoms with Gasteiger partial charge in [0.25, 0.3) is 0 Å². The van der Waals surface area contributed by atoms with Crippen molar-refractivity contribution in [2.45, 2.75) is 71.6 Å². The number of hydrogen-bond donors (Lipinski definition) is 1. The summed E-state index contributed by atoms with van der Waals surface area (Å²) in [7, 11) is 0. The molecule has 0 aliphatic heterocycles. The zero-order valence-electron chi connectivity index (χ0n) is 10.7. The van der Waals surface area contributed by atoms with Crippen molar-refractivity contribution in [2.75, 3.05) is 6.54 Å². The first-order valence-corrected chi connectivity index (χ1v) is 6.46. The maximum atomic E-state index is 10.1. The van der Waals surface area contributed by atoms with Crippen LogP contribution in [0.1, 0.15) is 53.4 Å². The van der Waals surface area contributed by atoms with Gasteiger partial charge in [0.15, 0.2) is 0 Å². The molecule has 0 aromatic heterocycles. The Bertz CT molecular complexity index is 179. The molecule has 0 spiro atoms. The third-order valence-corrected chi connectivity index (χ3v) is 3.36. The maximum Gasteiger partial charge on any atom is 0.0695 e. The van der Waals surface area contributed by atoms with E-state index in [-0.39, 0.29) is 6.10 Å². The van der Waals surface area contributed by atoms with Crippen LogP contribution in [0.15, 0.2) is 0 Å². The Hall–Kier alpha value is -0.0800. The zero-order valence-corrected chi connectivity index (χ0v) is 10.7. The molecule has 0 aromatic rings. The molecule has 90 valence electrons. The first-order valence-electron chi connectivity index (χ1n) is 6.46. The summed E-state index contributed by atoms with van der Waals surface area (Å²) < 4.78 is 0. The van der Waals surface area contributed by atoms with Gasteiger partial charge in [-0.05, 0) is 32.6 Å². The van der Waals surface area contributed by atoms with Gasteiger partial charge in [-0.25, -0.2) is 0 Å². The molecule has 0 bridgehead atoms. The summed E-state index contributed by atoms with van der Waals surface area (Å²) in [6.45, 7) is 10.1. The van der Waals surface area contributed by atoms with E-state index in [1.165, 1.54) is 19.3 Å². The van der Waals surface area contributed by atoms with Crippen molar-refractivity contribution in [3.63, 3.8) is 0 Å². The number of rotatable bonds is 4. The van der Waals surface area contributed by atoms with E-state index in [0.717, 1.165) is 13.0 Å². The summed E-state index contributed by atoms with van der Waals surface area (Å²) in [6, 6.07) is 0.950. The Morgan fingerprint density at radius 2 is 1.73 bits per heavy atom. The third kappa shape index (κ3) is 3.76. The second kappa shape index (κ2) is 5.86. The van der Waals surface area contributed by atoms with Crippen LogP contribution in [0, 0.1) is 5.92 Å². The predicted octanol–water partition coefficient (Wildman–Crippen LogP) is 2.66. The Balaban J connectivity index is 2.60. The van der Waals surface area contributed by atoms with Gasteiger partial charge in [0, 0.05) is 18.6 Å². The molecule has 0 heterocycles. The monoisotopic (exact) mass is 213 g/mol. The molecule has 0 unspecified atom stereocenters. The van der Waals surface area contributed by atoms with Gasteiger partial charge in [0.2, 0.25) is 0 Å². The van der Waals surface area contributed by atoms with Crippen LogP contribution in [0.5, 0.6) is 0 Å². The van der Waals surface area contributed by atoms with Crippen LogP contribution in [0.2, 0.25) is 0 Å². The van der Waals surface area contributed by atoms with E-state index in [0.29, 0.717) is 18.0 Å².